The Bertz CT molecular complexity index is 761. The van der Waals surface area contributed by atoms with Crippen molar-refractivity contribution in [2.45, 2.75) is 19.8 Å². The highest BCUT2D eigenvalue weighted by Crippen LogP contribution is 2.34. The fraction of sp³-hybridized carbons (Fsp3) is 0.316. The maximum atomic E-state index is 12.3. The SMILES string of the molecule is COc1ccc(C)cc1NC(=O)CCc1cc(OC)c(OC)cc1Br. The summed E-state index contributed by atoms with van der Waals surface area (Å²) in [7, 11) is 4.76. The normalized spacial score (nSPS) is 10.3. The number of carbonyl (C=O) groups excluding carboxylic acids is 1. The van der Waals surface area contributed by atoms with Gasteiger partial charge in [-0.3, -0.25) is 4.79 Å². The number of amides is 1. The van der Waals surface area contributed by atoms with Gasteiger partial charge in [0.25, 0.3) is 0 Å². The Hall–Kier alpha value is -2.21. The van der Waals surface area contributed by atoms with Crippen LogP contribution >= 0.6 is 15.9 Å². The molecule has 0 aliphatic rings. The highest BCUT2D eigenvalue weighted by atomic mass is 79.9. The number of halogens is 1. The molecule has 6 heteroatoms. The number of benzene rings is 2. The van der Waals surface area contributed by atoms with Crippen molar-refractivity contribution in [3.05, 3.63) is 45.9 Å². The molecule has 2 rings (SSSR count). The van der Waals surface area contributed by atoms with Crippen LogP contribution in [-0.2, 0) is 11.2 Å². The number of rotatable bonds is 7. The molecule has 0 saturated carbocycles. The molecular formula is C19H22BrNO4. The maximum Gasteiger partial charge on any atom is 0.224 e. The summed E-state index contributed by atoms with van der Waals surface area (Å²) in [5, 5.41) is 2.91. The fourth-order valence-corrected chi connectivity index (χ4v) is 2.99. The number of carbonyl (C=O) groups is 1. The van der Waals surface area contributed by atoms with Gasteiger partial charge in [-0.05, 0) is 48.7 Å². The minimum absolute atomic E-state index is 0.0782. The van der Waals surface area contributed by atoms with Gasteiger partial charge < -0.3 is 19.5 Å². The molecular weight excluding hydrogens is 386 g/mol. The largest absolute Gasteiger partial charge is 0.495 e. The van der Waals surface area contributed by atoms with Crippen molar-refractivity contribution in [1.29, 1.82) is 0 Å². The molecule has 0 unspecified atom stereocenters. The fourth-order valence-electron chi connectivity index (χ4n) is 2.47. The van der Waals surface area contributed by atoms with E-state index in [-0.39, 0.29) is 5.91 Å². The van der Waals surface area contributed by atoms with Gasteiger partial charge in [0.1, 0.15) is 5.75 Å². The van der Waals surface area contributed by atoms with Crippen LogP contribution in [0.3, 0.4) is 0 Å². The molecule has 134 valence electrons. The first-order valence-electron chi connectivity index (χ1n) is 7.83. The molecule has 0 bridgehead atoms. The lowest BCUT2D eigenvalue weighted by atomic mass is 10.1. The number of hydrogen-bond donors (Lipinski definition) is 1. The van der Waals surface area contributed by atoms with Gasteiger partial charge >= 0.3 is 0 Å². The average Bonchev–Trinajstić information content (AvgIpc) is 2.60. The first-order valence-corrected chi connectivity index (χ1v) is 8.62. The summed E-state index contributed by atoms with van der Waals surface area (Å²) in [6.07, 6.45) is 0.909. The molecule has 0 fully saturated rings. The molecule has 0 atom stereocenters. The van der Waals surface area contributed by atoms with Crippen molar-refractivity contribution < 1.29 is 19.0 Å². The Balaban J connectivity index is 2.07. The van der Waals surface area contributed by atoms with E-state index in [1.54, 1.807) is 21.3 Å². The number of anilines is 1. The van der Waals surface area contributed by atoms with E-state index < -0.39 is 0 Å². The highest BCUT2D eigenvalue weighted by molar-refractivity contribution is 9.10. The summed E-state index contributed by atoms with van der Waals surface area (Å²) in [6.45, 7) is 1.97. The number of ether oxygens (including phenoxy) is 3. The van der Waals surface area contributed by atoms with Gasteiger partial charge in [0.05, 0.1) is 27.0 Å². The molecule has 2 aromatic carbocycles. The van der Waals surface area contributed by atoms with Crippen LogP contribution in [-0.4, -0.2) is 27.2 Å². The number of methoxy groups -OCH3 is 3. The van der Waals surface area contributed by atoms with Gasteiger partial charge in [0.2, 0.25) is 5.91 Å². The van der Waals surface area contributed by atoms with E-state index in [9.17, 15) is 4.79 Å². The van der Waals surface area contributed by atoms with E-state index in [4.69, 9.17) is 14.2 Å². The molecule has 2 aromatic rings. The highest BCUT2D eigenvalue weighted by Gasteiger charge is 2.12. The van der Waals surface area contributed by atoms with Crippen LogP contribution < -0.4 is 19.5 Å². The molecule has 0 aromatic heterocycles. The van der Waals surface area contributed by atoms with Gasteiger partial charge in [-0.1, -0.05) is 22.0 Å². The summed E-state index contributed by atoms with van der Waals surface area (Å²) in [5.41, 5.74) is 2.71. The smallest absolute Gasteiger partial charge is 0.224 e. The summed E-state index contributed by atoms with van der Waals surface area (Å²) in [4.78, 5) is 12.3. The van der Waals surface area contributed by atoms with E-state index in [1.165, 1.54) is 0 Å². The van der Waals surface area contributed by atoms with Gasteiger partial charge in [-0.2, -0.15) is 0 Å². The second-order valence-electron chi connectivity index (χ2n) is 5.55. The van der Waals surface area contributed by atoms with Crippen LogP contribution in [0.5, 0.6) is 17.2 Å². The lowest BCUT2D eigenvalue weighted by molar-refractivity contribution is -0.116. The molecule has 0 saturated heterocycles. The van der Waals surface area contributed by atoms with Crippen molar-refractivity contribution in [2.75, 3.05) is 26.6 Å². The van der Waals surface area contributed by atoms with Crippen molar-refractivity contribution >= 4 is 27.5 Å². The molecule has 0 aliphatic heterocycles. The van der Waals surface area contributed by atoms with Gasteiger partial charge in [-0.25, -0.2) is 0 Å². The minimum atomic E-state index is -0.0782. The summed E-state index contributed by atoms with van der Waals surface area (Å²) >= 11 is 3.51. The second-order valence-corrected chi connectivity index (χ2v) is 6.40. The Morgan fingerprint density at radius 1 is 1.00 bits per heavy atom. The van der Waals surface area contributed by atoms with E-state index in [0.717, 1.165) is 15.6 Å². The topological polar surface area (TPSA) is 56.8 Å². The third-order valence-corrected chi connectivity index (χ3v) is 4.54. The van der Waals surface area contributed by atoms with E-state index in [2.05, 4.69) is 21.2 Å². The zero-order valence-electron chi connectivity index (χ0n) is 14.8. The third kappa shape index (κ3) is 4.89. The van der Waals surface area contributed by atoms with Gasteiger partial charge in [0.15, 0.2) is 11.5 Å². The van der Waals surface area contributed by atoms with E-state index in [1.807, 2.05) is 37.3 Å². The Kier molecular flexibility index (Phi) is 6.70. The van der Waals surface area contributed by atoms with E-state index >= 15 is 0 Å². The van der Waals surface area contributed by atoms with Crippen molar-refractivity contribution in [1.82, 2.24) is 0 Å². The van der Waals surface area contributed by atoms with E-state index in [0.29, 0.717) is 35.8 Å². The van der Waals surface area contributed by atoms with Crippen LogP contribution in [0, 0.1) is 6.92 Å². The van der Waals surface area contributed by atoms with Crippen molar-refractivity contribution in [2.24, 2.45) is 0 Å². The standard InChI is InChI=1S/C19H22BrNO4/c1-12-5-7-16(23-2)15(9-12)21-19(22)8-6-13-10-17(24-3)18(25-4)11-14(13)20/h5,7,9-11H,6,8H2,1-4H3,(H,21,22). The first kappa shape index (κ1) is 19.1. The second kappa shape index (κ2) is 8.76. The van der Waals surface area contributed by atoms with Crippen LogP contribution in [0.15, 0.2) is 34.8 Å². The summed E-state index contributed by atoms with van der Waals surface area (Å²) in [6, 6.07) is 9.40. The van der Waals surface area contributed by atoms with Crippen LogP contribution in [0.1, 0.15) is 17.5 Å². The quantitative estimate of drug-likeness (QED) is 0.740. The third-order valence-electron chi connectivity index (χ3n) is 3.80. The average molecular weight is 408 g/mol. The number of nitrogens with one attached hydrogen (secondary N) is 1. The maximum absolute atomic E-state index is 12.3. The molecule has 25 heavy (non-hydrogen) atoms. The monoisotopic (exact) mass is 407 g/mol. The molecule has 0 heterocycles. The zero-order valence-corrected chi connectivity index (χ0v) is 16.4. The zero-order chi connectivity index (χ0) is 18.4. The van der Waals surface area contributed by atoms with Crippen molar-refractivity contribution in [3.8, 4) is 17.2 Å². The predicted molar refractivity (Wildman–Crippen MR) is 102 cm³/mol. The number of hydrogen-bond acceptors (Lipinski definition) is 4. The summed E-state index contributed by atoms with van der Waals surface area (Å²) < 4.78 is 16.7. The Morgan fingerprint density at radius 3 is 2.28 bits per heavy atom. The van der Waals surface area contributed by atoms with Gasteiger partial charge in [0, 0.05) is 10.9 Å². The van der Waals surface area contributed by atoms with Crippen molar-refractivity contribution in [3.63, 3.8) is 0 Å². The first-order chi connectivity index (χ1) is 12.0. The minimum Gasteiger partial charge on any atom is -0.495 e. The van der Waals surface area contributed by atoms with Crippen LogP contribution in [0.4, 0.5) is 5.69 Å². The van der Waals surface area contributed by atoms with Crippen LogP contribution in [0.2, 0.25) is 0 Å². The molecule has 1 N–H and O–H groups in total. The van der Waals surface area contributed by atoms with Gasteiger partial charge in [-0.15, -0.1) is 0 Å². The predicted octanol–water partition coefficient (Wildman–Crippen LogP) is 4.35. The molecule has 0 radical (unpaired) electrons. The number of aryl methyl sites for hydroxylation is 2. The molecule has 0 spiro atoms. The Morgan fingerprint density at radius 2 is 1.64 bits per heavy atom. The summed E-state index contributed by atoms with van der Waals surface area (Å²) in [5.74, 6) is 1.85. The molecule has 0 aliphatic carbocycles. The Labute approximate surface area is 156 Å². The lowest BCUT2D eigenvalue weighted by Gasteiger charge is -2.13. The van der Waals surface area contributed by atoms with Crippen LogP contribution in [0.25, 0.3) is 0 Å². The molecule has 1 amide bonds. The molecule has 5 nitrogen and oxygen atoms in total. The lowest BCUT2D eigenvalue weighted by Crippen LogP contribution is -2.13.